The molecule has 0 unspecified atom stereocenters. The summed E-state index contributed by atoms with van der Waals surface area (Å²) in [4.78, 5) is 49.7. The Labute approximate surface area is 152 Å². The second kappa shape index (κ2) is 7.27. The van der Waals surface area contributed by atoms with E-state index in [1.165, 1.54) is 6.92 Å². The minimum Gasteiger partial charge on any atom is -0.326 e. The first-order chi connectivity index (χ1) is 12.4. The van der Waals surface area contributed by atoms with Crippen LogP contribution in [0.1, 0.15) is 38.2 Å². The number of hydrogen-bond acceptors (Lipinski definition) is 4. The van der Waals surface area contributed by atoms with E-state index in [-0.39, 0.29) is 36.1 Å². The number of carbonyl (C=O) groups is 4. The van der Waals surface area contributed by atoms with E-state index in [2.05, 4.69) is 10.6 Å². The average molecular weight is 357 g/mol. The van der Waals surface area contributed by atoms with Gasteiger partial charge in [0.2, 0.25) is 23.6 Å². The van der Waals surface area contributed by atoms with Crippen molar-refractivity contribution in [3.05, 3.63) is 23.8 Å². The van der Waals surface area contributed by atoms with E-state index in [0.717, 1.165) is 30.6 Å². The Kier molecular flexibility index (Phi) is 5.06. The van der Waals surface area contributed by atoms with E-state index >= 15 is 0 Å². The number of anilines is 2. The van der Waals surface area contributed by atoms with Gasteiger partial charge >= 0.3 is 0 Å². The molecular weight excluding hydrogens is 334 g/mol. The molecule has 2 aliphatic rings. The van der Waals surface area contributed by atoms with Crippen molar-refractivity contribution in [1.82, 2.24) is 4.90 Å². The van der Waals surface area contributed by atoms with Crippen LogP contribution in [0.25, 0.3) is 0 Å². The highest BCUT2D eigenvalue weighted by atomic mass is 16.2. The van der Waals surface area contributed by atoms with Gasteiger partial charge in [0, 0.05) is 18.3 Å². The Bertz CT molecular complexity index is 750. The second-order valence-electron chi connectivity index (χ2n) is 6.97. The summed E-state index contributed by atoms with van der Waals surface area (Å²) in [5, 5.41) is 5.44. The second-order valence-corrected chi connectivity index (χ2v) is 6.97. The summed E-state index contributed by atoms with van der Waals surface area (Å²) in [5.41, 5.74) is 1.86. The summed E-state index contributed by atoms with van der Waals surface area (Å²) >= 11 is 0. The molecule has 1 aliphatic heterocycles. The van der Waals surface area contributed by atoms with Crippen molar-refractivity contribution < 1.29 is 19.2 Å². The van der Waals surface area contributed by atoms with Gasteiger partial charge in [0.15, 0.2) is 0 Å². The average Bonchev–Trinajstić information content (AvgIpc) is 2.83. The quantitative estimate of drug-likeness (QED) is 0.807. The van der Waals surface area contributed by atoms with Crippen LogP contribution in [0.5, 0.6) is 0 Å². The van der Waals surface area contributed by atoms with Crippen molar-refractivity contribution >= 4 is 35.0 Å². The van der Waals surface area contributed by atoms with Gasteiger partial charge in [0.05, 0.1) is 11.8 Å². The largest absolute Gasteiger partial charge is 0.326 e. The van der Waals surface area contributed by atoms with Crippen molar-refractivity contribution in [2.45, 2.75) is 39.5 Å². The van der Waals surface area contributed by atoms with Gasteiger partial charge in [-0.2, -0.15) is 0 Å². The van der Waals surface area contributed by atoms with E-state index in [4.69, 9.17) is 0 Å². The molecule has 1 aromatic carbocycles. The minimum atomic E-state index is -0.423. The molecular formula is C19H23N3O4. The van der Waals surface area contributed by atoms with Crippen LogP contribution in [0.4, 0.5) is 11.4 Å². The van der Waals surface area contributed by atoms with Gasteiger partial charge in [0.1, 0.15) is 6.54 Å². The maximum absolute atomic E-state index is 12.5. The van der Waals surface area contributed by atoms with Crippen LogP contribution in [0.3, 0.4) is 0 Å². The highest BCUT2D eigenvalue weighted by Gasteiger charge is 2.48. The lowest BCUT2D eigenvalue weighted by Gasteiger charge is -2.19. The number of likely N-dealkylation sites (tertiary alicyclic amines) is 1. The van der Waals surface area contributed by atoms with Crippen molar-refractivity contribution in [2.24, 2.45) is 11.8 Å². The topological polar surface area (TPSA) is 95.6 Å². The van der Waals surface area contributed by atoms with Crippen molar-refractivity contribution in [3.8, 4) is 0 Å². The highest BCUT2D eigenvalue weighted by Crippen LogP contribution is 2.37. The predicted molar refractivity (Wildman–Crippen MR) is 96.3 cm³/mol. The third kappa shape index (κ3) is 3.47. The third-order valence-electron chi connectivity index (χ3n) is 5.15. The molecule has 1 aromatic rings. The van der Waals surface area contributed by atoms with Gasteiger partial charge in [-0.15, -0.1) is 0 Å². The summed E-state index contributed by atoms with van der Waals surface area (Å²) in [5.74, 6) is -1.58. The Morgan fingerprint density at radius 3 is 2.12 bits per heavy atom. The maximum atomic E-state index is 12.5. The van der Waals surface area contributed by atoms with Gasteiger partial charge in [-0.1, -0.05) is 18.9 Å². The molecule has 4 amide bonds. The van der Waals surface area contributed by atoms with E-state index in [1.54, 1.807) is 25.1 Å². The maximum Gasteiger partial charge on any atom is 0.244 e. The van der Waals surface area contributed by atoms with Gasteiger partial charge in [-0.3, -0.25) is 24.1 Å². The normalized spacial score (nSPS) is 22.2. The van der Waals surface area contributed by atoms with E-state index in [1.807, 2.05) is 0 Å². The van der Waals surface area contributed by atoms with Crippen LogP contribution in [0.2, 0.25) is 0 Å². The van der Waals surface area contributed by atoms with Crippen molar-refractivity contribution in [2.75, 3.05) is 17.2 Å². The van der Waals surface area contributed by atoms with Gasteiger partial charge < -0.3 is 10.6 Å². The zero-order valence-electron chi connectivity index (χ0n) is 15.0. The van der Waals surface area contributed by atoms with Crippen LogP contribution < -0.4 is 10.6 Å². The highest BCUT2D eigenvalue weighted by molar-refractivity contribution is 6.08. The lowest BCUT2D eigenvalue weighted by molar-refractivity contribution is -0.142. The van der Waals surface area contributed by atoms with Crippen LogP contribution in [-0.4, -0.2) is 35.1 Å². The zero-order chi connectivity index (χ0) is 18.8. The number of fused-ring (bicyclic) bond motifs is 1. The number of benzene rings is 1. The minimum absolute atomic E-state index is 0.201. The summed E-state index contributed by atoms with van der Waals surface area (Å²) in [6.07, 6.45) is 3.36. The third-order valence-corrected chi connectivity index (χ3v) is 5.15. The molecule has 2 N–H and O–H groups in total. The first-order valence-corrected chi connectivity index (χ1v) is 8.90. The van der Waals surface area contributed by atoms with E-state index in [0.29, 0.717) is 16.9 Å². The van der Waals surface area contributed by atoms with Crippen LogP contribution in [0.15, 0.2) is 18.2 Å². The summed E-state index contributed by atoms with van der Waals surface area (Å²) < 4.78 is 0. The van der Waals surface area contributed by atoms with Crippen molar-refractivity contribution in [1.29, 1.82) is 0 Å². The fraction of sp³-hybridized carbons (Fsp3) is 0.474. The Morgan fingerprint density at radius 2 is 1.58 bits per heavy atom. The number of nitrogens with zero attached hydrogens (tertiary/aromatic N) is 1. The molecule has 0 spiro atoms. The Morgan fingerprint density at radius 1 is 1.04 bits per heavy atom. The predicted octanol–water partition coefficient (Wildman–Crippen LogP) is 2.07. The summed E-state index contributed by atoms with van der Waals surface area (Å²) in [6, 6.07) is 5.17. The lowest BCUT2D eigenvalue weighted by Crippen LogP contribution is -2.38. The van der Waals surface area contributed by atoms with E-state index < -0.39 is 5.91 Å². The molecule has 0 radical (unpaired) electrons. The smallest absolute Gasteiger partial charge is 0.244 e. The molecule has 7 heteroatoms. The molecule has 1 saturated carbocycles. The zero-order valence-corrected chi connectivity index (χ0v) is 15.0. The standard InChI is InChI=1S/C19H23N3O4/c1-11-15(20-12(2)23)8-5-9-16(11)21-17(24)10-22-18(25)13-6-3-4-7-14(13)19(22)26/h5,8-9,13-14H,3-4,6-7,10H2,1-2H3,(H,20,23)(H,21,24)/t13-,14+. The molecule has 1 aliphatic carbocycles. The van der Waals surface area contributed by atoms with E-state index in [9.17, 15) is 19.2 Å². The monoisotopic (exact) mass is 357 g/mol. The SMILES string of the molecule is CC(=O)Nc1cccc(NC(=O)CN2C(=O)[C@H]3CCCC[C@H]3C2=O)c1C. The first kappa shape index (κ1) is 18.1. The molecule has 138 valence electrons. The molecule has 2 atom stereocenters. The Balaban J connectivity index is 1.69. The van der Waals surface area contributed by atoms with Gasteiger partial charge in [-0.25, -0.2) is 0 Å². The molecule has 7 nitrogen and oxygen atoms in total. The molecule has 0 aromatic heterocycles. The number of amides is 4. The fourth-order valence-electron chi connectivity index (χ4n) is 3.82. The van der Waals surface area contributed by atoms with Gasteiger partial charge in [-0.05, 0) is 37.5 Å². The number of rotatable bonds is 4. The number of nitrogens with one attached hydrogen (secondary N) is 2. The number of carbonyl (C=O) groups excluding carboxylic acids is 4. The molecule has 1 heterocycles. The first-order valence-electron chi connectivity index (χ1n) is 8.90. The molecule has 2 fully saturated rings. The number of hydrogen-bond donors (Lipinski definition) is 2. The van der Waals surface area contributed by atoms with Crippen molar-refractivity contribution in [3.63, 3.8) is 0 Å². The van der Waals surface area contributed by atoms with Crippen LogP contribution in [0, 0.1) is 18.8 Å². The number of imide groups is 1. The summed E-state index contributed by atoms with van der Waals surface area (Å²) in [7, 11) is 0. The summed E-state index contributed by atoms with van der Waals surface area (Å²) in [6.45, 7) is 2.92. The molecule has 0 bridgehead atoms. The Hall–Kier alpha value is -2.70. The molecule has 26 heavy (non-hydrogen) atoms. The van der Waals surface area contributed by atoms with Gasteiger partial charge in [0.25, 0.3) is 0 Å². The lowest BCUT2D eigenvalue weighted by atomic mass is 9.81. The molecule has 1 saturated heterocycles. The van der Waals surface area contributed by atoms with Crippen LogP contribution in [-0.2, 0) is 19.2 Å². The van der Waals surface area contributed by atoms with Crippen LogP contribution >= 0.6 is 0 Å². The fourth-order valence-corrected chi connectivity index (χ4v) is 3.82. The molecule has 3 rings (SSSR count).